The van der Waals surface area contributed by atoms with Gasteiger partial charge in [0.05, 0.1) is 17.1 Å². The van der Waals surface area contributed by atoms with E-state index >= 15 is 0 Å². The highest BCUT2D eigenvalue weighted by atomic mass is 16.6. The number of hydrogen-bond donors (Lipinski definition) is 2. The Balaban J connectivity index is 2.11. The SMILES string of the molecule is CCCNc1cc([N+](=O)[O-])cc(NC2CC(C)C2)n1. The zero-order valence-electron chi connectivity index (χ0n) is 11.3. The summed E-state index contributed by atoms with van der Waals surface area (Å²) in [4.78, 5) is 14.9. The molecule has 2 N–H and O–H groups in total. The first-order chi connectivity index (χ1) is 9.08. The monoisotopic (exact) mass is 264 g/mol. The fourth-order valence-corrected chi connectivity index (χ4v) is 2.27. The first-order valence-electron chi connectivity index (χ1n) is 6.75. The summed E-state index contributed by atoms with van der Waals surface area (Å²) in [6.07, 6.45) is 3.15. The van der Waals surface area contributed by atoms with Crippen LogP contribution in [0.2, 0.25) is 0 Å². The maximum Gasteiger partial charge on any atom is 0.276 e. The van der Waals surface area contributed by atoms with E-state index in [4.69, 9.17) is 0 Å². The van der Waals surface area contributed by atoms with E-state index in [9.17, 15) is 10.1 Å². The predicted octanol–water partition coefficient (Wildman–Crippen LogP) is 3.02. The van der Waals surface area contributed by atoms with Crippen LogP contribution in [0, 0.1) is 16.0 Å². The van der Waals surface area contributed by atoms with Crippen molar-refractivity contribution in [1.82, 2.24) is 4.98 Å². The topological polar surface area (TPSA) is 80.1 Å². The van der Waals surface area contributed by atoms with Crippen molar-refractivity contribution in [2.75, 3.05) is 17.2 Å². The molecule has 0 atom stereocenters. The minimum atomic E-state index is -0.382. The average Bonchev–Trinajstić information content (AvgIpc) is 2.34. The highest BCUT2D eigenvalue weighted by Gasteiger charge is 2.26. The Morgan fingerprint density at radius 1 is 1.42 bits per heavy atom. The molecule has 0 radical (unpaired) electrons. The molecule has 0 bridgehead atoms. The van der Waals surface area contributed by atoms with Gasteiger partial charge in [-0.3, -0.25) is 10.1 Å². The van der Waals surface area contributed by atoms with E-state index in [1.807, 2.05) is 6.92 Å². The van der Waals surface area contributed by atoms with Gasteiger partial charge in [0.2, 0.25) is 0 Å². The van der Waals surface area contributed by atoms with Crippen LogP contribution >= 0.6 is 0 Å². The minimum Gasteiger partial charge on any atom is -0.370 e. The van der Waals surface area contributed by atoms with Crippen LogP contribution in [0.5, 0.6) is 0 Å². The molecule has 0 amide bonds. The molecule has 6 heteroatoms. The Morgan fingerprint density at radius 3 is 2.68 bits per heavy atom. The molecule has 19 heavy (non-hydrogen) atoms. The van der Waals surface area contributed by atoms with Gasteiger partial charge in [0.25, 0.3) is 5.69 Å². The second-order valence-electron chi connectivity index (χ2n) is 5.20. The molecule has 0 saturated heterocycles. The van der Waals surface area contributed by atoms with Gasteiger partial charge >= 0.3 is 0 Å². The van der Waals surface area contributed by atoms with Crippen molar-refractivity contribution < 1.29 is 4.92 Å². The number of nitrogens with one attached hydrogen (secondary N) is 2. The van der Waals surface area contributed by atoms with Crippen LogP contribution in [-0.2, 0) is 0 Å². The fraction of sp³-hybridized carbons (Fsp3) is 0.615. The summed E-state index contributed by atoms with van der Waals surface area (Å²) in [6.45, 7) is 5.00. The lowest BCUT2D eigenvalue weighted by Crippen LogP contribution is -2.34. The van der Waals surface area contributed by atoms with Crippen molar-refractivity contribution in [2.24, 2.45) is 5.92 Å². The molecule has 1 heterocycles. The lowest BCUT2D eigenvalue weighted by atomic mass is 9.82. The lowest BCUT2D eigenvalue weighted by molar-refractivity contribution is -0.384. The van der Waals surface area contributed by atoms with E-state index in [-0.39, 0.29) is 10.6 Å². The van der Waals surface area contributed by atoms with Crippen LogP contribution in [0.4, 0.5) is 17.3 Å². The summed E-state index contributed by atoms with van der Waals surface area (Å²) < 4.78 is 0. The van der Waals surface area contributed by atoms with Gasteiger partial charge < -0.3 is 10.6 Å². The maximum atomic E-state index is 10.9. The second kappa shape index (κ2) is 5.86. The van der Waals surface area contributed by atoms with E-state index in [0.29, 0.717) is 17.7 Å². The van der Waals surface area contributed by atoms with Crippen molar-refractivity contribution in [2.45, 2.75) is 39.2 Å². The van der Waals surface area contributed by atoms with Crippen molar-refractivity contribution in [3.05, 3.63) is 22.2 Å². The van der Waals surface area contributed by atoms with Crippen LogP contribution < -0.4 is 10.6 Å². The molecule has 0 aliphatic heterocycles. The van der Waals surface area contributed by atoms with Crippen molar-refractivity contribution in [3.8, 4) is 0 Å². The number of hydrogen-bond acceptors (Lipinski definition) is 5. The van der Waals surface area contributed by atoms with E-state index in [2.05, 4.69) is 22.5 Å². The third kappa shape index (κ3) is 3.56. The average molecular weight is 264 g/mol. The quantitative estimate of drug-likeness (QED) is 0.609. The Kier molecular flexibility index (Phi) is 4.19. The van der Waals surface area contributed by atoms with Crippen LogP contribution in [0.25, 0.3) is 0 Å². The van der Waals surface area contributed by atoms with Crippen molar-refractivity contribution in [1.29, 1.82) is 0 Å². The van der Waals surface area contributed by atoms with Gasteiger partial charge in [-0.1, -0.05) is 13.8 Å². The third-order valence-electron chi connectivity index (χ3n) is 3.30. The normalized spacial score (nSPS) is 21.6. The molecule has 1 aliphatic rings. The summed E-state index contributed by atoms with van der Waals surface area (Å²) >= 11 is 0. The summed E-state index contributed by atoms with van der Waals surface area (Å²) in [7, 11) is 0. The molecule has 0 unspecified atom stereocenters. The number of nitrogens with zero attached hydrogens (tertiary/aromatic N) is 2. The van der Waals surface area contributed by atoms with E-state index in [0.717, 1.165) is 31.7 Å². The smallest absolute Gasteiger partial charge is 0.276 e. The molecule has 0 aromatic carbocycles. The Labute approximate surface area is 112 Å². The Hall–Kier alpha value is -1.85. The van der Waals surface area contributed by atoms with Gasteiger partial charge in [-0.25, -0.2) is 4.98 Å². The number of aromatic nitrogens is 1. The number of anilines is 2. The maximum absolute atomic E-state index is 10.9. The number of nitro groups is 1. The zero-order valence-corrected chi connectivity index (χ0v) is 11.3. The molecule has 2 rings (SSSR count). The Bertz CT molecular complexity index is 458. The molecule has 1 aromatic heterocycles. The van der Waals surface area contributed by atoms with Gasteiger partial charge in [-0.05, 0) is 25.2 Å². The molecule has 104 valence electrons. The van der Waals surface area contributed by atoms with Crippen LogP contribution in [-0.4, -0.2) is 22.5 Å². The Morgan fingerprint density at radius 2 is 2.11 bits per heavy atom. The van der Waals surface area contributed by atoms with Gasteiger partial charge in [0.1, 0.15) is 11.6 Å². The van der Waals surface area contributed by atoms with Crippen molar-refractivity contribution >= 4 is 17.3 Å². The van der Waals surface area contributed by atoms with E-state index in [1.165, 1.54) is 12.1 Å². The van der Waals surface area contributed by atoms with Crippen molar-refractivity contribution in [3.63, 3.8) is 0 Å². The van der Waals surface area contributed by atoms with Crippen LogP contribution in [0.3, 0.4) is 0 Å². The van der Waals surface area contributed by atoms with E-state index in [1.54, 1.807) is 0 Å². The predicted molar refractivity (Wildman–Crippen MR) is 75.5 cm³/mol. The van der Waals surface area contributed by atoms with Gasteiger partial charge in [-0.15, -0.1) is 0 Å². The first kappa shape index (κ1) is 13.6. The zero-order chi connectivity index (χ0) is 13.8. The molecule has 1 aliphatic carbocycles. The van der Waals surface area contributed by atoms with E-state index < -0.39 is 0 Å². The molecule has 1 aromatic rings. The largest absolute Gasteiger partial charge is 0.370 e. The minimum absolute atomic E-state index is 0.0727. The molecule has 0 spiro atoms. The summed E-state index contributed by atoms with van der Waals surface area (Å²) in [5.41, 5.74) is 0.0727. The third-order valence-corrected chi connectivity index (χ3v) is 3.30. The molecule has 6 nitrogen and oxygen atoms in total. The summed E-state index contributed by atoms with van der Waals surface area (Å²) in [5.74, 6) is 1.88. The van der Waals surface area contributed by atoms with Crippen LogP contribution in [0.1, 0.15) is 33.1 Å². The van der Waals surface area contributed by atoms with Gasteiger partial charge in [0, 0.05) is 12.6 Å². The highest BCUT2D eigenvalue weighted by Crippen LogP contribution is 2.30. The molecule has 1 fully saturated rings. The highest BCUT2D eigenvalue weighted by molar-refractivity contribution is 5.55. The lowest BCUT2D eigenvalue weighted by Gasteiger charge is -2.33. The number of pyridine rings is 1. The standard InChI is InChI=1S/C13H20N4O2/c1-3-4-14-12-7-11(17(18)19)8-13(16-12)15-10-5-9(2)6-10/h7-10H,3-6H2,1-2H3,(H2,14,15,16). The fourth-order valence-electron chi connectivity index (χ4n) is 2.27. The molecular weight excluding hydrogens is 244 g/mol. The first-order valence-corrected chi connectivity index (χ1v) is 6.75. The summed E-state index contributed by atoms with van der Waals surface area (Å²) in [6, 6.07) is 3.37. The van der Waals surface area contributed by atoms with Gasteiger partial charge in [-0.2, -0.15) is 0 Å². The summed E-state index contributed by atoms with van der Waals surface area (Å²) in [5, 5.41) is 17.3. The van der Waals surface area contributed by atoms with Gasteiger partial charge in [0.15, 0.2) is 0 Å². The number of rotatable bonds is 6. The van der Waals surface area contributed by atoms with Crippen LogP contribution in [0.15, 0.2) is 12.1 Å². The second-order valence-corrected chi connectivity index (χ2v) is 5.20. The molecule has 1 saturated carbocycles. The molecular formula is C13H20N4O2.